The van der Waals surface area contributed by atoms with Crippen molar-refractivity contribution in [1.29, 1.82) is 0 Å². The van der Waals surface area contributed by atoms with Crippen LogP contribution < -0.4 is 4.74 Å². The molecule has 0 heterocycles. The number of fused-ring (bicyclic) bond motifs is 9. The Hall–Kier alpha value is -2.02. The molecule has 3 fully saturated rings. The first-order valence-corrected chi connectivity index (χ1v) is 10.2. The first kappa shape index (κ1) is 15.1. The Bertz CT molecular complexity index is 851. The number of hydrogen-bond acceptors (Lipinski definition) is 1. The minimum atomic E-state index is 0.0262. The van der Waals surface area contributed by atoms with Gasteiger partial charge in [-0.25, -0.2) is 0 Å². The molecule has 4 bridgehead atoms. The van der Waals surface area contributed by atoms with Gasteiger partial charge in [0.1, 0.15) is 11.4 Å². The van der Waals surface area contributed by atoms with Crippen LogP contribution in [0, 0.1) is 35.5 Å². The van der Waals surface area contributed by atoms with Gasteiger partial charge in [0.15, 0.2) is 0 Å². The van der Waals surface area contributed by atoms with Gasteiger partial charge in [-0.3, -0.25) is 0 Å². The van der Waals surface area contributed by atoms with Crippen LogP contribution in [0.4, 0.5) is 0 Å². The first-order valence-electron chi connectivity index (χ1n) is 10.2. The van der Waals surface area contributed by atoms with Crippen molar-refractivity contribution in [1.82, 2.24) is 0 Å². The van der Waals surface area contributed by atoms with Crippen molar-refractivity contribution in [3.63, 3.8) is 0 Å². The molecule has 3 saturated carbocycles. The van der Waals surface area contributed by atoms with Crippen molar-refractivity contribution in [2.45, 2.75) is 31.8 Å². The second-order valence-electron chi connectivity index (χ2n) is 9.21. The van der Waals surface area contributed by atoms with E-state index in [9.17, 15) is 0 Å². The van der Waals surface area contributed by atoms with Crippen LogP contribution in [-0.2, 0) is 0 Å². The van der Waals surface area contributed by atoms with Gasteiger partial charge >= 0.3 is 0 Å². The maximum atomic E-state index is 6.68. The summed E-state index contributed by atoms with van der Waals surface area (Å²) in [6.07, 6.45) is 9.10. The fourth-order valence-corrected chi connectivity index (χ4v) is 7.05. The zero-order chi connectivity index (χ0) is 17.3. The third-order valence-electron chi connectivity index (χ3n) is 7.91. The van der Waals surface area contributed by atoms with Crippen molar-refractivity contribution in [2.75, 3.05) is 0 Å². The van der Waals surface area contributed by atoms with Gasteiger partial charge < -0.3 is 4.74 Å². The molecule has 0 radical (unpaired) electrons. The van der Waals surface area contributed by atoms with Crippen molar-refractivity contribution < 1.29 is 4.74 Å². The van der Waals surface area contributed by atoms with E-state index in [1.165, 1.54) is 30.4 Å². The van der Waals surface area contributed by atoms with Crippen molar-refractivity contribution >= 4 is 0 Å². The SMILES string of the molecule is CC1(Oc2ccc(-c3ccccc3)cc2)CC2CC1C1C3C=CC(C3)C21. The van der Waals surface area contributed by atoms with Crippen LogP contribution in [0.15, 0.2) is 66.7 Å². The molecule has 7 unspecified atom stereocenters. The average Bonchev–Trinajstić information content (AvgIpc) is 3.41. The van der Waals surface area contributed by atoms with E-state index in [-0.39, 0.29) is 5.60 Å². The van der Waals surface area contributed by atoms with E-state index in [1.54, 1.807) is 0 Å². The lowest BCUT2D eigenvalue weighted by Gasteiger charge is -2.43. The summed E-state index contributed by atoms with van der Waals surface area (Å²) in [7, 11) is 0. The molecule has 7 atom stereocenters. The van der Waals surface area contributed by atoms with Crippen LogP contribution >= 0.6 is 0 Å². The number of allylic oxidation sites excluding steroid dienone is 2. The highest BCUT2D eigenvalue weighted by Gasteiger charge is 2.65. The minimum absolute atomic E-state index is 0.0262. The first-order chi connectivity index (χ1) is 12.7. The van der Waals surface area contributed by atoms with E-state index in [4.69, 9.17) is 4.74 Å². The molecule has 1 nitrogen and oxygen atoms in total. The third kappa shape index (κ3) is 2.03. The standard InChI is InChI=1S/C25H26O/c1-25(15-20-14-22(25)24-19-8-7-18(13-19)23(20)24)26-21-11-9-17(10-12-21)16-5-3-2-4-6-16/h2-12,18-20,22-24H,13-15H2,1H3. The lowest BCUT2D eigenvalue weighted by atomic mass is 9.68. The van der Waals surface area contributed by atoms with E-state index in [2.05, 4.69) is 73.7 Å². The highest BCUT2D eigenvalue weighted by Crippen LogP contribution is 2.68. The molecular weight excluding hydrogens is 316 g/mol. The van der Waals surface area contributed by atoms with Crippen LogP contribution in [0.25, 0.3) is 11.1 Å². The third-order valence-corrected chi connectivity index (χ3v) is 7.91. The van der Waals surface area contributed by atoms with Gasteiger partial charge in [-0.1, -0.05) is 54.6 Å². The van der Waals surface area contributed by atoms with E-state index in [0.29, 0.717) is 0 Å². The van der Waals surface area contributed by atoms with Gasteiger partial charge in [-0.05, 0) is 79.0 Å². The smallest absolute Gasteiger partial charge is 0.120 e. The van der Waals surface area contributed by atoms with Gasteiger partial charge in [-0.2, -0.15) is 0 Å². The molecular formula is C25H26O. The van der Waals surface area contributed by atoms with Crippen molar-refractivity contribution in [3.05, 3.63) is 66.7 Å². The Balaban J connectivity index is 1.24. The molecule has 4 aliphatic carbocycles. The van der Waals surface area contributed by atoms with E-state index in [0.717, 1.165) is 41.3 Å². The molecule has 0 N–H and O–H groups in total. The Morgan fingerprint density at radius 1 is 0.808 bits per heavy atom. The van der Waals surface area contributed by atoms with E-state index >= 15 is 0 Å². The summed E-state index contributed by atoms with van der Waals surface area (Å²) in [6.45, 7) is 2.38. The fourth-order valence-electron chi connectivity index (χ4n) is 7.05. The highest BCUT2D eigenvalue weighted by molar-refractivity contribution is 5.63. The maximum absolute atomic E-state index is 6.68. The Morgan fingerprint density at radius 3 is 2.27 bits per heavy atom. The number of hydrogen-bond donors (Lipinski definition) is 0. The molecule has 6 rings (SSSR count). The number of ether oxygens (including phenoxy) is 1. The summed E-state index contributed by atoms with van der Waals surface area (Å²) >= 11 is 0. The average molecular weight is 342 g/mol. The predicted molar refractivity (Wildman–Crippen MR) is 105 cm³/mol. The summed E-state index contributed by atoms with van der Waals surface area (Å²) in [5.74, 6) is 6.24. The van der Waals surface area contributed by atoms with Gasteiger partial charge in [0.05, 0.1) is 0 Å². The second-order valence-corrected chi connectivity index (χ2v) is 9.21. The lowest BCUT2D eigenvalue weighted by Crippen LogP contribution is -2.46. The topological polar surface area (TPSA) is 9.23 Å². The maximum Gasteiger partial charge on any atom is 0.120 e. The highest BCUT2D eigenvalue weighted by atomic mass is 16.5. The van der Waals surface area contributed by atoms with E-state index < -0.39 is 0 Å². The normalized spacial score (nSPS) is 41.6. The van der Waals surface area contributed by atoms with Gasteiger partial charge in [0, 0.05) is 5.92 Å². The summed E-state index contributed by atoms with van der Waals surface area (Å²) in [6, 6.07) is 19.3. The summed E-state index contributed by atoms with van der Waals surface area (Å²) < 4.78 is 6.68. The van der Waals surface area contributed by atoms with Gasteiger partial charge in [-0.15, -0.1) is 0 Å². The molecule has 0 amide bonds. The van der Waals surface area contributed by atoms with Gasteiger partial charge in [0.2, 0.25) is 0 Å². The summed E-state index contributed by atoms with van der Waals surface area (Å²) in [4.78, 5) is 0. The summed E-state index contributed by atoms with van der Waals surface area (Å²) in [5, 5.41) is 0. The quantitative estimate of drug-likeness (QED) is 0.493. The van der Waals surface area contributed by atoms with Crippen LogP contribution in [0.3, 0.4) is 0 Å². The Labute approximate surface area is 156 Å². The van der Waals surface area contributed by atoms with Crippen LogP contribution in [0.5, 0.6) is 5.75 Å². The summed E-state index contributed by atoms with van der Waals surface area (Å²) in [5.41, 5.74) is 2.55. The Kier molecular flexibility index (Phi) is 3.05. The minimum Gasteiger partial charge on any atom is -0.487 e. The predicted octanol–water partition coefficient (Wildman–Crippen LogP) is 5.97. The molecule has 2 aromatic rings. The molecule has 0 spiro atoms. The molecule has 1 heteroatoms. The molecule has 0 saturated heterocycles. The second kappa shape index (κ2) is 5.25. The van der Waals surface area contributed by atoms with Crippen LogP contribution in [0.2, 0.25) is 0 Å². The molecule has 4 aliphatic rings. The number of rotatable bonds is 3. The lowest BCUT2D eigenvalue weighted by molar-refractivity contribution is -0.0179. The van der Waals surface area contributed by atoms with Crippen LogP contribution in [-0.4, -0.2) is 5.60 Å². The molecule has 2 aromatic carbocycles. The zero-order valence-corrected chi connectivity index (χ0v) is 15.3. The molecule has 26 heavy (non-hydrogen) atoms. The fraction of sp³-hybridized carbons (Fsp3) is 0.440. The van der Waals surface area contributed by atoms with Crippen LogP contribution in [0.1, 0.15) is 26.2 Å². The number of benzene rings is 2. The largest absolute Gasteiger partial charge is 0.487 e. The van der Waals surface area contributed by atoms with E-state index in [1.807, 2.05) is 0 Å². The van der Waals surface area contributed by atoms with Crippen molar-refractivity contribution in [3.8, 4) is 16.9 Å². The van der Waals surface area contributed by atoms with Crippen molar-refractivity contribution in [2.24, 2.45) is 35.5 Å². The molecule has 0 aromatic heterocycles. The molecule has 0 aliphatic heterocycles. The molecule has 132 valence electrons. The monoisotopic (exact) mass is 342 g/mol. The Morgan fingerprint density at radius 2 is 1.50 bits per heavy atom. The zero-order valence-electron chi connectivity index (χ0n) is 15.3. The van der Waals surface area contributed by atoms with Gasteiger partial charge in [0.25, 0.3) is 0 Å².